The summed E-state index contributed by atoms with van der Waals surface area (Å²) in [4.78, 5) is 9.92. The summed E-state index contributed by atoms with van der Waals surface area (Å²) in [6.45, 7) is 4.54. The van der Waals surface area contributed by atoms with Gasteiger partial charge in [0.15, 0.2) is 0 Å². The number of imidazole rings is 1. The average molecular weight is 300 g/mol. The van der Waals surface area contributed by atoms with Gasteiger partial charge in [-0.3, -0.25) is 0 Å². The van der Waals surface area contributed by atoms with Crippen LogP contribution in [0.5, 0.6) is 5.75 Å². The molecule has 0 saturated heterocycles. The first kappa shape index (κ1) is 15.1. The van der Waals surface area contributed by atoms with Gasteiger partial charge in [-0.05, 0) is 38.7 Å². The highest BCUT2D eigenvalue weighted by atomic mass is 16.5. The number of rotatable bonds is 5. The molecule has 0 saturated carbocycles. The lowest BCUT2D eigenvalue weighted by Gasteiger charge is -2.25. The van der Waals surface area contributed by atoms with E-state index >= 15 is 0 Å². The molecule has 1 aromatic heterocycles. The Hall–Kier alpha value is -1.85. The lowest BCUT2D eigenvalue weighted by Crippen LogP contribution is -2.30. The number of H-pyrrole nitrogens is 1. The number of nitrogens with one attached hydrogen (secondary N) is 2. The fourth-order valence-corrected chi connectivity index (χ4v) is 3.03. The van der Waals surface area contributed by atoms with Gasteiger partial charge in [-0.1, -0.05) is 6.07 Å². The van der Waals surface area contributed by atoms with Crippen molar-refractivity contribution in [1.82, 2.24) is 20.2 Å². The van der Waals surface area contributed by atoms with Gasteiger partial charge in [-0.25, -0.2) is 4.98 Å². The van der Waals surface area contributed by atoms with Crippen LogP contribution in [0.3, 0.4) is 0 Å². The van der Waals surface area contributed by atoms with E-state index in [0.29, 0.717) is 6.61 Å². The molecule has 118 valence electrons. The second-order valence-electron chi connectivity index (χ2n) is 5.94. The number of fused-ring (bicyclic) bond motifs is 1. The minimum atomic E-state index is 0.159. The summed E-state index contributed by atoms with van der Waals surface area (Å²) < 4.78 is 5.77. The van der Waals surface area contributed by atoms with Crippen LogP contribution in [0, 0.1) is 0 Å². The summed E-state index contributed by atoms with van der Waals surface area (Å²) in [7, 11) is 4.15. The molecule has 22 heavy (non-hydrogen) atoms. The van der Waals surface area contributed by atoms with E-state index in [2.05, 4.69) is 52.5 Å². The first-order valence-electron chi connectivity index (χ1n) is 7.85. The maximum Gasteiger partial charge on any atom is 0.123 e. The van der Waals surface area contributed by atoms with Gasteiger partial charge in [-0.2, -0.15) is 0 Å². The van der Waals surface area contributed by atoms with E-state index in [1.54, 1.807) is 6.33 Å². The highest BCUT2D eigenvalue weighted by molar-refractivity contribution is 5.41. The van der Waals surface area contributed by atoms with Crippen LogP contribution in [0.15, 0.2) is 24.5 Å². The number of hydrogen-bond donors (Lipinski definition) is 2. The quantitative estimate of drug-likeness (QED) is 0.888. The fourth-order valence-electron chi connectivity index (χ4n) is 3.03. The second kappa shape index (κ2) is 6.50. The van der Waals surface area contributed by atoms with Gasteiger partial charge in [0.05, 0.1) is 24.7 Å². The zero-order valence-corrected chi connectivity index (χ0v) is 13.5. The monoisotopic (exact) mass is 300 g/mol. The third-order valence-electron chi connectivity index (χ3n) is 3.95. The van der Waals surface area contributed by atoms with Crippen molar-refractivity contribution in [1.29, 1.82) is 0 Å². The van der Waals surface area contributed by atoms with E-state index in [0.717, 1.165) is 31.0 Å². The number of ether oxygens (including phenoxy) is 1. The molecule has 0 aliphatic carbocycles. The first-order chi connectivity index (χ1) is 10.7. The Kier molecular flexibility index (Phi) is 4.45. The van der Waals surface area contributed by atoms with Crippen LogP contribution in [-0.4, -0.2) is 42.1 Å². The van der Waals surface area contributed by atoms with E-state index < -0.39 is 0 Å². The molecule has 0 spiro atoms. The van der Waals surface area contributed by atoms with E-state index in [1.165, 1.54) is 16.8 Å². The van der Waals surface area contributed by atoms with Crippen molar-refractivity contribution in [3.8, 4) is 5.75 Å². The maximum atomic E-state index is 5.77. The Balaban J connectivity index is 1.95. The zero-order valence-electron chi connectivity index (χ0n) is 13.5. The van der Waals surface area contributed by atoms with Crippen molar-refractivity contribution in [2.45, 2.75) is 25.9 Å². The average Bonchev–Trinajstić information content (AvgIpc) is 2.97. The smallest absolute Gasteiger partial charge is 0.123 e. The number of nitrogens with zero attached hydrogens (tertiary/aromatic N) is 2. The Morgan fingerprint density at radius 1 is 1.36 bits per heavy atom. The molecule has 5 nitrogen and oxygen atoms in total. The van der Waals surface area contributed by atoms with Gasteiger partial charge in [0, 0.05) is 30.8 Å². The standard InChI is InChI=1S/C17H24N4O/c1-4-22-15-6-5-12(9-13(15)10-21(2)3)16-17-14(7-8-18-16)19-11-20-17/h5-6,9,11,16,18H,4,7-8,10H2,1-3H3,(H,19,20)/t16-/m0/s1. The molecule has 0 unspecified atom stereocenters. The van der Waals surface area contributed by atoms with Crippen LogP contribution >= 0.6 is 0 Å². The Bertz CT molecular complexity index is 635. The minimum Gasteiger partial charge on any atom is -0.494 e. The van der Waals surface area contributed by atoms with Crippen molar-refractivity contribution >= 4 is 0 Å². The first-order valence-corrected chi connectivity index (χ1v) is 7.85. The van der Waals surface area contributed by atoms with Crippen molar-refractivity contribution in [3.05, 3.63) is 47.0 Å². The number of hydrogen-bond acceptors (Lipinski definition) is 4. The summed E-state index contributed by atoms with van der Waals surface area (Å²) in [6.07, 6.45) is 2.80. The summed E-state index contributed by atoms with van der Waals surface area (Å²) >= 11 is 0. The third-order valence-corrected chi connectivity index (χ3v) is 3.95. The molecule has 2 aromatic rings. The van der Waals surface area contributed by atoms with Gasteiger partial charge in [0.25, 0.3) is 0 Å². The summed E-state index contributed by atoms with van der Waals surface area (Å²) in [5.41, 5.74) is 4.82. The summed E-state index contributed by atoms with van der Waals surface area (Å²) in [5.74, 6) is 0.970. The van der Waals surface area contributed by atoms with Gasteiger partial charge >= 0.3 is 0 Å². The molecule has 2 N–H and O–H groups in total. The van der Waals surface area contributed by atoms with Crippen LogP contribution in [-0.2, 0) is 13.0 Å². The van der Waals surface area contributed by atoms with Crippen LogP contribution < -0.4 is 10.1 Å². The topological polar surface area (TPSA) is 53.2 Å². The molecule has 0 bridgehead atoms. The molecule has 0 radical (unpaired) electrons. The maximum absolute atomic E-state index is 5.77. The minimum absolute atomic E-state index is 0.159. The Morgan fingerprint density at radius 3 is 3.00 bits per heavy atom. The SMILES string of the molecule is CCOc1ccc([C@@H]2NCCc3[nH]cnc32)cc1CN(C)C. The molecule has 3 rings (SSSR count). The molecule has 1 aromatic carbocycles. The van der Waals surface area contributed by atoms with Gasteiger partial charge in [-0.15, -0.1) is 0 Å². The predicted molar refractivity (Wildman–Crippen MR) is 87.1 cm³/mol. The number of aromatic amines is 1. The van der Waals surface area contributed by atoms with Crippen LogP contribution in [0.1, 0.15) is 35.5 Å². The molecule has 1 aliphatic rings. The number of aromatic nitrogens is 2. The van der Waals surface area contributed by atoms with Crippen LogP contribution in [0.25, 0.3) is 0 Å². The lowest BCUT2D eigenvalue weighted by molar-refractivity contribution is 0.324. The highest BCUT2D eigenvalue weighted by Gasteiger charge is 2.24. The van der Waals surface area contributed by atoms with Crippen molar-refractivity contribution in [2.24, 2.45) is 0 Å². The van der Waals surface area contributed by atoms with Crippen molar-refractivity contribution < 1.29 is 4.74 Å². The molecule has 0 fully saturated rings. The molecular weight excluding hydrogens is 276 g/mol. The Morgan fingerprint density at radius 2 is 2.23 bits per heavy atom. The van der Waals surface area contributed by atoms with Gasteiger partial charge in [0.2, 0.25) is 0 Å². The van der Waals surface area contributed by atoms with E-state index in [-0.39, 0.29) is 6.04 Å². The lowest BCUT2D eigenvalue weighted by atomic mass is 9.96. The van der Waals surface area contributed by atoms with Crippen molar-refractivity contribution in [3.63, 3.8) is 0 Å². The molecule has 5 heteroatoms. The number of benzene rings is 1. The molecule has 1 atom stereocenters. The largest absolute Gasteiger partial charge is 0.494 e. The third kappa shape index (κ3) is 3.00. The van der Waals surface area contributed by atoms with Crippen molar-refractivity contribution in [2.75, 3.05) is 27.2 Å². The molecule has 0 amide bonds. The van der Waals surface area contributed by atoms with Gasteiger partial charge in [0.1, 0.15) is 5.75 Å². The predicted octanol–water partition coefficient (Wildman–Crippen LogP) is 2.11. The normalized spacial score (nSPS) is 17.5. The van der Waals surface area contributed by atoms with Crippen LogP contribution in [0.4, 0.5) is 0 Å². The molecule has 1 aliphatic heterocycles. The second-order valence-corrected chi connectivity index (χ2v) is 5.94. The highest BCUT2D eigenvalue weighted by Crippen LogP contribution is 2.30. The molecular formula is C17H24N4O. The summed E-state index contributed by atoms with van der Waals surface area (Å²) in [6, 6.07) is 6.63. The van der Waals surface area contributed by atoms with E-state index in [4.69, 9.17) is 4.74 Å². The summed E-state index contributed by atoms with van der Waals surface area (Å²) in [5, 5.41) is 3.57. The fraction of sp³-hybridized carbons (Fsp3) is 0.471. The van der Waals surface area contributed by atoms with Crippen LogP contribution in [0.2, 0.25) is 0 Å². The zero-order chi connectivity index (χ0) is 15.5. The van der Waals surface area contributed by atoms with Gasteiger partial charge < -0.3 is 19.9 Å². The Labute approximate surface area is 131 Å². The van der Waals surface area contributed by atoms with E-state index in [1.807, 2.05) is 6.92 Å². The molecule has 2 heterocycles. The van der Waals surface area contributed by atoms with E-state index in [9.17, 15) is 0 Å².